The van der Waals surface area contributed by atoms with Crippen LogP contribution in [0.25, 0.3) is 0 Å². The molecule has 0 radical (unpaired) electrons. The van der Waals surface area contributed by atoms with Gasteiger partial charge in [-0.25, -0.2) is 4.79 Å². The number of hydrogen-bond donors (Lipinski definition) is 2. The summed E-state index contributed by atoms with van der Waals surface area (Å²) in [6.07, 6.45) is -4.11. The van der Waals surface area contributed by atoms with Crippen molar-refractivity contribution in [2.75, 3.05) is 0 Å². The van der Waals surface area contributed by atoms with Gasteiger partial charge in [-0.05, 0) is 51.8 Å². The maximum atomic E-state index is 12.8. The van der Waals surface area contributed by atoms with E-state index in [9.17, 15) is 18.0 Å². The summed E-state index contributed by atoms with van der Waals surface area (Å²) in [7, 11) is 0. The Morgan fingerprint density at radius 1 is 1.25 bits per heavy atom. The zero-order valence-electron chi connectivity index (χ0n) is 14.2. The minimum atomic E-state index is -4.35. The first-order valence-electron chi connectivity index (χ1n) is 7.88. The average molecular weight is 344 g/mol. The number of alkyl halides is 3. The van der Waals surface area contributed by atoms with E-state index in [-0.39, 0.29) is 18.1 Å². The maximum absolute atomic E-state index is 12.8. The number of halogens is 3. The van der Waals surface area contributed by atoms with Crippen LogP contribution in [0.5, 0.6) is 0 Å². The Morgan fingerprint density at radius 3 is 2.50 bits per heavy atom. The van der Waals surface area contributed by atoms with Gasteiger partial charge in [0.25, 0.3) is 0 Å². The van der Waals surface area contributed by atoms with Crippen LogP contribution < -0.4 is 10.6 Å². The van der Waals surface area contributed by atoms with Crippen LogP contribution in [0.2, 0.25) is 0 Å². The summed E-state index contributed by atoms with van der Waals surface area (Å²) < 4.78 is 43.5. The highest BCUT2D eigenvalue weighted by Gasteiger charge is 2.40. The predicted octanol–water partition coefficient (Wildman–Crippen LogP) is 4.02. The second-order valence-corrected chi connectivity index (χ2v) is 7.11. The van der Waals surface area contributed by atoms with Gasteiger partial charge in [-0.1, -0.05) is 12.1 Å². The van der Waals surface area contributed by atoms with Crippen molar-refractivity contribution in [3.63, 3.8) is 0 Å². The highest BCUT2D eigenvalue weighted by Crippen LogP contribution is 2.32. The number of ether oxygens (including phenoxy) is 1. The number of alkyl carbamates (subject to hydrolysis) is 1. The van der Waals surface area contributed by atoms with Crippen molar-refractivity contribution in [1.29, 1.82) is 0 Å². The molecule has 0 aliphatic heterocycles. The molecule has 3 unspecified atom stereocenters. The van der Waals surface area contributed by atoms with Crippen molar-refractivity contribution in [2.45, 2.75) is 64.0 Å². The lowest BCUT2D eigenvalue weighted by Crippen LogP contribution is -2.37. The van der Waals surface area contributed by atoms with Gasteiger partial charge in [0, 0.05) is 18.1 Å². The standard InChI is InChI=1S/C17H23F3N2O2/c1-10(11-6-5-7-12(8-11)17(18,19)20)21-13-9-14(13)22-15(23)24-16(2,3)4/h5-8,10,13-14,21H,9H2,1-4H3,(H,22,23). The Labute approximate surface area is 139 Å². The molecule has 1 fully saturated rings. The Hall–Kier alpha value is -1.76. The fourth-order valence-corrected chi connectivity index (χ4v) is 2.40. The third kappa shape index (κ3) is 5.40. The van der Waals surface area contributed by atoms with E-state index < -0.39 is 23.4 Å². The molecule has 1 aromatic carbocycles. The van der Waals surface area contributed by atoms with Crippen LogP contribution in [0.4, 0.5) is 18.0 Å². The number of carbonyl (C=O) groups excluding carboxylic acids is 1. The first-order valence-corrected chi connectivity index (χ1v) is 7.88. The normalized spacial score (nSPS) is 22.0. The topological polar surface area (TPSA) is 50.4 Å². The zero-order chi connectivity index (χ0) is 18.1. The quantitative estimate of drug-likeness (QED) is 0.867. The minimum absolute atomic E-state index is 0.0297. The van der Waals surface area contributed by atoms with Gasteiger partial charge >= 0.3 is 12.3 Å². The summed E-state index contributed by atoms with van der Waals surface area (Å²) in [4.78, 5) is 11.7. The molecule has 3 atom stereocenters. The van der Waals surface area contributed by atoms with Gasteiger partial charge in [-0.2, -0.15) is 13.2 Å². The van der Waals surface area contributed by atoms with Crippen molar-refractivity contribution in [2.24, 2.45) is 0 Å². The van der Waals surface area contributed by atoms with Crippen molar-refractivity contribution in [3.05, 3.63) is 35.4 Å². The van der Waals surface area contributed by atoms with E-state index in [2.05, 4.69) is 10.6 Å². The summed E-state index contributed by atoms with van der Waals surface area (Å²) in [5.41, 5.74) is -0.659. The molecular formula is C17H23F3N2O2. The highest BCUT2D eigenvalue weighted by molar-refractivity contribution is 5.68. The number of rotatable bonds is 4. The molecule has 0 spiro atoms. The molecule has 1 amide bonds. The van der Waals surface area contributed by atoms with Gasteiger partial charge in [-0.3, -0.25) is 0 Å². The van der Waals surface area contributed by atoms with E-state index in [4.69, 9.17) is 4.74 Å². The molecule has 0 heterocycles. The van der Waals surface area contributed by atoms with E-state index in [0.29, 0.717) is 5.56 Å². The van der Waals surface area contributed by atoms with Crippen LogP contribution in [0.3, 0.4) is 0 Å². The van der Waals surface area contributed by atoms with Crippen LogP contribution in [0, 0.1) is 0 Å². The molecule has 24 heavy (non-hydrogen) atoms. The molecule has 0 saturated heterocycles. The summed E-state index contributed by atoms with van der Waals surface area (Å²) in [5, 5.41) is 5.98. The molecule has 0 aromatic heterocycles. The van der Waals surface area contributed by atoms with Crippen LogP contribution in [0.15, 0.2) is 24.3 Å². The number of hydrogen-bond acceptors (Lipinski definition) is 3. The largest absolute Gasteiger partial charge is 0.444 e. The van der Waals surface area contributed by atoms with Gasteiger partial charge in [0.1, 0.15) is 5.60 Å². The second-order valence-electron chi connectivity index (χ2n) is 7.11. The van der Waals surface area contributed by atoms with E-state index in [1.165, 1.54) is 6.07 Å². The number of nitrogens with one attached hydrogen (secondary N) is 2. The molecule has 2 N–H and O–H groups in total. The lowest BCUT2D eigenvalue weighted by atomic mass is 10.0. The van der Waals surface area contributed by atoms with Crippen molar-refractivity contribution in [1.82, 2.24) is 10.6 Å². The van der Waals surface area contributed by atoms with Gasteiger partial charge < -0.3 is 15.4 Å². The monoisotopic (exact) mass is 344 g/mol. The van der Waals surface area contributed by atoms with E-state index in [1.807, 2.05) is 0 Å². The predicted molar refractivity (Wildman–Crippen MR) is 84.6 cm³/mol. The molecule has 1 aromatic rings. The molecular weight excluding hydrogens is 321 g/mol. The molecule has 1 aliphatic rings. The summed E-state index contributed by atoms with van der Waals surface area (Å²) in [5.74, 6) is 0. The smallest absolute Gasteiger partial charge is 0.416 e. The first-order chi connectivity index (χ1) is 11.0. The van der Waals surface area contributed by atoms with Gasteiger partial charge in [0.05, 0.1) is 5.56 Å². The molecule has 134 valence electrons. The highest BCUT2D eigenvalue weighted by atomic mass is 19.4. The number of benzene rings is 1. The third-order valence-corrected chi connectivity index (χ3v) is 3.67. The lowest BCUT2D eigenvalue weighted by Gasteiger charge is -2.20. The summed E-state index contributed by atoms with van der Waals surface area (Å²) >= 11 is 0. The zero-order valence-corrected chi connectivity index (χ0v) is 14.2. The SMILES string of the molecule is CC(NC1CC1NC(=O)OC(C)(C)C)c1cccc(C(F)(F)F)c1. The van der Waals surface area contributed by atoms with Gasteiger partial charge in [0.15, 0.2) is 0 Å². The minimum Gasteiger partial charge on any atom is -0.444 e. The molecule has 1 saturated carbocycles. The molecule has 0 bridgehead atoms. The molecule has 7 heteroatoms. The van der Waals surface area contributed by atoms with Crippen molar-refractivity contribution in [3.8, 4) is 0 Å². The van der Waals surface area contributed by atoms with Crippen molar-refractivity contribution >= 4 is 6.09 Å². The average Bonchev–Trinajstić information content (AvgIpc) is 3.13. The van der Waals surface area contributed by atoms with E-state index in [0.717, 1.165) is 18.6 Å². The molecule has 1 aliphatic carbocycles. The molecule has 2 rings (SSSR count). The summed E-state index contributed by atoms with van der Waals surface area (Å²) in [6.45, 7) is 7.15. The molecule has 4 nitrogen and oxygen atoms in total. The van der Waals surface area contributed by atoms with Gasteiger partial charge in [-0.15, -0.1) is 0 Å². The maximum Gasteiger partial charge on any atom is 0.416 e. The van der Waals surface area contributed by atoms with Crippen LogP contribution in [-0.4, -0.2) is 23.8 Å². The van der Waals surface area contributed by atoms with E-state index in [1.54, 1.807) is 33.8 Å². The number of carbonyl (C=O) groups is 1. The Morgan fingerprint density at radius 2 is 1.92 bits per heavy atom. The fraction of sp³-hybridized carbons (Fsp3) is 0.588. The number of amides is 1. The Balaban J connectivity index is 1.86. The fourth-order valence-electron chi connectivity index (χ4n) is 2.40. The first kappa shape index (κ1) is 18.6. The Bertz CT molecular complexity index is 596. The van der Waals surface area contributed by atoms with E-state index >= 15 is 0 Å². The lowest BCUT2D eigenvalue weighted by molar-refractivity contribution is -0.137. The van der Waals surface area contributed by atoms with Crippen LogP contribution in [0.1, 0.15) is 51.3 Å². The second kappa shape index (κ2) is 6.63. The van der Waals surface area contributed by atoms with Gasteiger partial charge in [0.2, 0.25) is 0 Å². The van der Waals surface area contributed by atoms with Crippen molar-refractivity contribution < 1.29 is 22.7 Å². The van der Waals surface area contributed by atoms with Crippen LogP contribution >= 0.6 is 0 Å². The Kier molecular flexibility index (Phi) is 5.13. The summed E-state index contributed by atoms with van der Waals surface area (Å²) in [6, 6.07) is 4.99. The third-order valence-electron chi connectivity index (χ3n) is 3.67. The van der Waals surface area contributed by atoms with Crippen LogP contribution in [-0.2, 0) is 10.9 Å².